The van der Waals surface area contributed by atoms with E-state index in [-0.39, 0.29) is 0 Å². The molecule has 0 aromatic carbocycles. The number of rotatable bonds is 4. The van der Waals surface area contributed by atoms with Gasteiger partial charge in [0.25, 0.3) is 0 Å². The molecule has 90 valence electrons. The van der Waals surface area contributed by atoms with Crippen LogP contribution in [0.1, 0.15) is 32.3 Å². The maximum atomic E-state index is 9.76. The van der Waals surface area contributed by atoms with Gasteiger partial charge in [-0.25, -0.2) is 9.97 Å². The van der Waals surface area contributed by atoms with Crippen LogP contribution in [0.4, 0.5) is 5.82 Å². The first-order chi connectivity index (χ1) is 7.31. The number of aliphatic hydroxyl groups is 1. The van der Waals surface area contributed by atoms with Crippen molar-refractivity contribution in [1.82, 2.24) is 9.97 Å². The summed E-state index contributed by atoms with van der Waals surface area (Å²) in [4.78, 5) is 10.7. The Morgan fingerprint density at radius 3 is 2.50 bits per heavy atom. The summed E-state index contributed by atoms with van der Waals surface area (Å²) in [6, 6.07) is 1.97. The highest BCUT2D eigenvalue weighted by Gasteiger charge is 2.17. The molecule has 0 fully saturated rings. The minimum atomic E-state index is -0.722. The summed E-state index contributed by atoms with van der Waals surface area (Å²) in [5, 5.41) is 9.76. The maximum absolute atomic E-state index is 9.76. The molecule has 16 heavy (non-hydrogen) atoms. The summed E-state index contributed by atoms with van der Waals surface area (Å²) in [5.74, 6) is 1.64. The zero-order valence-corrected chi connectivity index (χ0v) is 10.8. The van der Waals surface area contributed by atoms with Crippen LogP contribution in [0.3, 0.4) is 0 Å². The van der Waals surface area contributed by atoms with Crippen molar-refractivity contribution in [3.05, 3.63) is 17.6 Å². The first-order valence-electron chi connectivity index (χ1n) is 5.60. The third kappa shape index (κ3) is 3.77. The van der Waals surface area contributed by atoms with Crippen LogP contribution < -0.4 is 4.90 Å². The van der Waals surface area contributed by atoms with E-state index in [9.17, 15) is 5.11 Å². The van der Waals surface area contributed by atoms with E-state index in [1.54, 1.807) is 13.8 Å². The van der Waals surface area contributed by atoms with E-state index in [4.69, 9.17) is 0 Å². The third-order valence-corrected chi connectivity index (χ3v) is 2.25. The normalized spacial score (nSPS) is 11.6. The van der Waals surface area contributed by atoms with Crippen molar-refractivity contribution < 1.29 is 5.11 Å². The molecule has 0 aliphatic heterocycles. The van der Waals surface area contributed by atoms with Gasteiger partial charge in [-0.15, -0.1) is 0 Å². The van der Waals surface area contributed by atoms with Crippen molar-refractivity contribution in [2.24, 2.45) is 0 Å². The predicted molar refractivity (Wildman–Crippen MR) is 65.7 cm³/mol. The van der Waals surface area contributed by atoms with Crippen molar-refractivity contribution in [3.63, 3.8) is 0 Å². The van der Waals surface area contributed by atoms with E-state index < -0.39 is 5.60 Å². The zero-order chi connectivity index (χ0) is 12.3. The summed E-state index contributed by atoms with van der Waals surface area (Å²) in [5.41, 5.74) is 0.310. The van der Waals surface area contributed by atoms with Crippen molar-refractivity contribution in [3.8, 4) is 0 Å². The van der Waals surface area contributed by atoms with Gasteiger partial charge in [0.15, 0.2) is 0 Å². The van der Waals surface area contributed by atoms with E-state index in [1.165, 1.54) is 0 Å². The molecule has 4 nitrogen and oxygen atoms in total. The second-order valence-corrected chi connectivity index (χ2v) is 4.79. The van der Waals surface area contributed by atoms with E-state index >= 15 is 0 Å². The number of anilines is 1. The molecule has 4 heteroatoms. The van der Waals surface area contributed by atoms with Gasteiger partial charge in [0, 0.05) is 25.4 Å². The Morgan fingerprint density at radius 2 is 2.00 bits per heavy atom. The van der Waals surface area contributed by atoms with Gasteiger partial charge in [-0.1, -0.05) is 6.92 Å². The lowest BCUT2D eigenvalue weighted by atomic mass is 10.1. The van der Waals surface area contributed by atoms with E-state index in [0.29, 0.717) is 6.54 Å². The first-order valence-corrected chi connectivity index (χ1v) is 5.60. The molecule has 0 saturated heterocycles. The Balaban J connectivity index is 2.90. The van der Waals surface area contributed by atoms with Gasteiger partial charge in [-0.05, 0) is 27.2 Å². The summed E-state index contributed by atoms with van der Waals surface area (Å²) in [6.45, 7) is 8.09. The van der Waals surface area contributed by atoms with E-state index in [1.807, 2.05) is 24.9 Å². The van der Waals surface area contributed by atoms with Crippen molar-refractivity contribution >= 4 is 5.82 Å². The van der Waals surface area contributed by atoms with Crippen LogP contribution in [-0.2, 0) is 6.42 Å². The second kappa shape index (κ2) is 4.78. The number of likely N-dealkylation sites (N-methyl/N-ethyl adjacent to an activating group) is 1. The van der Waals surface area contributed by atoms with Gasteiger partial charge in [-0.2, -0.15) is 0 Å². The van der Waals surface area contributed by atoms with Crippen LogP contribution in [0.5, 0.6) is 0 Å². The lowest BCUT2D eigenvalue weighted by Gasteiger charge is -2.26. The van der Waals surface area contributed by atoms with Gasteiger partial charge in [0.2, 0.25) is 0 Å². The van der Waals surface area contributed by atoms with E-state index in [2.05, 4.69) is 16.9 Å². The molecule has 0 atom stereocenters. The minimum Gasteiger partial charge on any atom is -0.389 e. The highest BCUT2D eigenvalue weighted by atomic mass is 16.3. The molecule has 0 radical (unpaired) electrons. The molecular formula is C12H21N3O. The molecule has 0 saturated carbocycles. The van der Waals surface area contributed by atoms with Crippen LogP contribution in [0.25, 0.3) is 0 Å². The molecule has 1 rings (SSSR count). The van der Waals surface area contributed by atoms with Crippen LogP contribution in [-0.4, -0.2) is 34.3 Å². The minimum absolute atomic E-state index is 0.548. The Morgan fingerprint density at radius 1 is 1.38 bits per heavy atom. The average Bonchev–Trinajstić information content (AvgIpc) is 2.14. The predicted octanol–water partition coefficient (Wildman–Crippen LogP) is 1.55. The van der Waals surface area contributed by atoms with Gasteiger partial charge < -0.3 is 10.0 Å². The van der Waals surface area contributed by atoms with Crippen LogP contribution in [0.2, 0.25) is 0 Å². The van der Waals surface area contributed by atoms with E-state index in [0.717, 1.165) is 23.8 Å². The van der Waals surface area contributed by atoms with Crippen molar-refractivity contribution in [2.45, 2.75) is 39.7 Å². The number of hydrogen-bond donors (Lipinski definition) is 1. The fourth-order valence-electron chi connectivity index (χ4n) is 1.65. The Bertz CT molecular complexity index is 358. The second-order valence-electron chi connectivity index (χ2n) is 4.79. The third-order valence-electron chi connectivity index (χ3n) is 2.25. The molecule has 1 N–H and O–H groups in total. The standard InChI is InChI=1S/C12H21N3O/c1-6-10-7-11(14-9(2)13-10)15(5)8-12(3,4)16/h7,16H,6,8H2,1-5H3. The SMILES string of the molecule is CCc1cc(N(C)CC(C)(C)O)nc(C)n1. The number of aromatic nitrogens is 2. The number of nitrogens with zero attached hydrogens (tertiary/aromatic N) is 3. The fraction of sp³-hybridized carbons (Fsp3) is 0.667. The average molecular weight is 223 g/mol. The Hall–Kier alpha value is -1.16. The molecule has 0 aliphatic carbocycles. The molecule has 0 unspecified atom stereocenters. The lowest BCUT2D eigenvalue weighted by Crippen LogP contribution is -2.36. The lowest BCUT2D eigenvalue weighted by molar-refractivity contribution is 0.0884. The smallest absolute Gasteiger partial charge is 0.132 e. The topological polar surface area (TPSA) is 49.2 Å². The molecule has 0 aliphatic rings. The van der Waals surface area contributed by atoms with Gasteiger partial charge >= 0.3 is 0 Å². The Kier molecular flexibility index (Phi) is 3.86. The Labute approximate surface area is 97.3 Å². The van der Waals surface area contributed by atoms with Gasteiger partial charge in [0.1, 0.15) is 11.6 Å². The highest BCUT2D eigenvalue weighted by Crippen LogP contribution is 2.14. The maximum Gasteiger partial charge on any atom is 0.132 e. The summed E-state index contributed by atoms with van der Waals surface area (Å²) in [7, 11) is 1.93. The molecular weight excluding hydrogens is 202 g/mol. The zero-order valence-electron chi connectivity index (χ0n) is 10.8. The number of aryl methyl sites for hydroxylation is 2. The summed E-state index contributed by atoms with van der Waals surface area (Å²) < 4.78 is 0. The molecule has 1 heterocycles. The molecule has 1 aromatic rings. The first kappa shape index (κ1) is 12.9. The summed E-state index contributed by atoms with van der Waals surface area (Å²) >= 11 is 0. The molecule has 0 spiro atoms. The largest absolute Gasteiger partial charge is 0.389 e. The summed E-state index contributed by atoms with van der Waals surface area (Å²) in [6.07, 6.45) is 0.896. The fourth-order valence-corrected chi connectivity index (χ4v) is 1.65. The quantitative estimate of drug-likeness (QED) is 0.841. The van der Waals surface area contributed by atoms with Crippen molar-refractivity contribution in [1.29, 1.82) is 0 Å². The molecule has 0 amide bonds. The van der Waals surface area contributed by atoms with Gasteiger partial charge in [0.05, 0.1) is 5.60 Å². The molecule has 1 aromatic heterocycles. The highest BCUT2D eigenvalue weighted by molar-refractivity contribution is 5.39. The van der Waals surface area contributed by atoms with Gasteiger partial charge in [-0.3, -0.25) is 0 Å². The molecule has 0 bridgehead atoms. The number of hydrogen-bond acceptors (Lipinski definition) is 4. The monoisotopic (exact) mass is 223 g/mol. The van der Waals surface area contributed by atoms with Crippen LogP contribution >= 0.6 is 0 Å². The van der Waals surface area contributed by atoms with Crippen LogP contribution in [0.15, 0.2) is 6.07 Å². The van der Waals surface area contributed by atoms with Crippen LogP contribution in [0, 0.1) is 6.92 Å². The van der Waals surface area contributed by atoms with Crippen molar-refractivity contribution in [2.75, 3.05) is 18.5 Å².